The van der Waals surface area contributed by atoms with Gasteiger partial charge in [0.25, 0.3) is 0 Å². The number of aryl methyl sites for hydroxylation is 1. The van der Waals surface area contributed by atoms with E-state index in [0.717, 1.165) is 24.1 Å². The molecule has 0 unspecified atom stereocenters. The highest BCUT2D eigenvalue weighted by Crippen LogP contribution is 2.29. The SMILES string of the molecule is FC(F)(F)c1cccc(CCC[Si])c1. The normalized spacial score (nSPS) is 11.7. The molecular formula is C10H10F3Si. The first kappa shape index (κ1) is 11.3. The van der Waals surface area contributed by atoms with Gasteiger partial charge in [-0.2, -0.15) is 13.2 Å². The summed E-state index contributed by atoms with van der Waals surface area (Å²) in [6.07, 6.45) is -2.71. The summed E-state index contributed by atoms with van der Waals surface area (Å²) < 4.78 is 36.8. The smallest absolute Gasteiger partial charge is 0.166 e. The molecule has 0 amide bonds. The van der Waals surface area contributed by atoms with Gasteiger partial charge >= 0.3 is 6.18 Å². The van der Waals surface area contributed by atoms with Gasteiger partial charge in [-0.1, -0.05) is 30.7 Å². The number of benzene rings is 1. The number of rotatable bonds is 3. The van der Waals surface area contributed by atoms with Gasteiger partial charge < -0.3 is 0 Å². The summed E-state index contributed by atoms with van der Waals surface area (Å²) in [5, 5.41) is 0. The predicted octanol–water partition coefficient (Wildman–Crippen LogP) is 3.22. The Labute approximate surface area is 84.6 Å². The van der Waals surface area contributed by atoms with Crippen molar-refractivity contribution in [3.8, 4) is 0 Å². The van der Waals surface area contributed by atoms with Gasteiger partial charge in [0.05, 0.1) is 5.56 Å². The van der Waals surface area contributed by atoms with Crippen molar-refractivity contribution in [2.75, 3.05) is 0 Å². The Morgan fingerprint density at radius 1 is 1.21 bits per heavy atom. The van der Waals surface area contributed by atoms with Crippen LogP contribution >= 0.6 is 0 Å². The van der Waals surface area contributed by atoms with E-state index in [-0.39, 0.29) is 0 Å². The second kappa shape index (κ2) is 4.64. The molecule has 0 spiro atoms. The average molecular weight is 215 g/mol. The molecule has 0 bridgehead atoms. The van der Waals surface area contributed by atoms with Crippen LogP contribution in [0.5, 0.6) is 0 Å². The quantitative estimate of drug-likeness (QED) is 0.679. The van der Waals surface area contributed by atoms with Gasteiger partial charge in [0, 0.05) is 10.2 Å². The van der Waals surface area contributed by atoms with Crippen LogP contribution in [0.15, 0.2) is 24.3 Å². The zero-order chi connectivity index (χ0) is 10.6. The van der Waals surface area contributed by atoms with Crippen LogP contribution in [-0.2, 0) is 12.6 Å². The second-order valence-electron chi connectivity index (χ2n) is 3.05. The maximum Gasteiger partial charge on any atom is 0.416 e. The zero-order valence-electron chi connectivity index (χ0n) is 7.56. The third kappa shape index (κ3) is 3.18. The highest BCUT2D eigenvalue weighted by atomic mass is 28.1. The highest BCUT2D eigenvalue weighted by Gasteiger charge is 2.30. The van der Waals surface area contributed by atoms with E-state index in [9.17, 15) is 13.2 Å². The maximum absolute atomic E-state index is 12.3. The Morgan fingerprint density at radius 2 is 1.93 bits per heavy atom. The molecule has 0 heterocycles. The van der Waals surface area contributed by atoms with Crippen LogP contribution in [-0.4, -0.2) is 10.2 Å². The van der Waals surface area contributed by atoms with Crippen molar-refractivity contribution in [2.24, 2.45) is 0 Å². The maximum atomic E-state index is 12.3. The minimum absolute atomic E-state index is 0.566. The molecule has 0 atom stereocenters. The van der Waals surface area contributed by atoms with Crippen molar-refractivity contribution in [1.82, 2.24) is 0 Å². The van der Waals surface area contributed by atoms with E-state index < -0.39 is 11.7 Å². The molecule has 14 heavy (non-hydrogen) atoms. The fourth-order valence-electron chi connectivity index (χ4n) is 1.20. The van der Waals surface area contributed by atoms with Gasteiger partial charge in [-0.25, -0.2) is 0 Å². The van der Waals surface area contributed by atoms with Crippen LogP contribution in [0, 0.1) is 0 Å². The van der Waals surface area contributed by atoms with Gasteiger partial charge in [-0.05, 0) is 18.1 Å². The predicted molar refractivity (Wildman–Crippen MR) is 50.3 cm³/mol. The van der Waals surface area contributed by atoms with Crippen molar-refractivity contribution in [2.45, 2.75) is 25.1 Å². The van der Waals surface area contributed by atoms with E-state index in [1.165, 1.54) is 12.1 Å². The number of halogens is 3. The summed E-state index contributed by atoms with van der Waals surface area (Å²) in [7, 11) is 3.29. The van der Waals surface area contributed by atoms with Crippen LogP contribution in [0.2, 0.25) is 6.04 Å². The van der Waals surface area contributed by atoms with E-state index in [4.69, 9.17) is 0 Å². The molecular weight excluding hydrogens is 205 g/mol. The molecule has 3 radical (unpaired) electrons. The molecule has 1 rings (SSSR count). The molecule has 0 aromatic heterocycles. The molecule has 0 aliphatic carbocycles. The molecule has 1 aromatic carbocycles. The molecule has 0 nitrogen and oxygen atoms in total. The minimum Gasteiger partial charge on any atom is -0.166 e. The molecule has 4 heteroatoms. The van der Waals surface area contributed by atoms with Crippen molar-refractivity contribution < 1.29 is 13.2 Å². The minimum atomic E-state index is -4.23. The first-order chi connectivity index (χ1) is 6.54. The zero-order valence-corrected chi connectivity index (χ0v) is 8.56. The van der Waals surface area contributed by atoms with E-state index >= 15 is 0 Å². The Kier molecular flexibility index (Phi) is 3.75. The lowest BCUT2D eigenvalue weighted by atomic mass is 10.1. The topological polar surface area (TPSA) is 0 Å². The van der Waals surface area contributed by atoms with E-state index in [0.29, 0.717) is 6.42 Å². The first-order valence-corrected chi connectivity index (χ1v) is 5.05. The highest BCUT2D eigenvalue weighted by molar-refractivity contribution is 6.08. The standard InChI is InChI=1S/C10H10F3Si/c11-10(12,13)9-5-1-3-8(7-9)4-2-6-14/h1,3,5,7H,2,4,6H2. The van der Waals surface area contributed by atoms with Crippen molar-refractivity contribution in [3.63, 3.8) is 0 Å². The number of hydrogen-bond acceptors (Lipinski definition) is 0. The average Bonchev–Trinajstić information content (AvgIpc) is 2.14. The van der Waals surface area contributed by atoms with Crippen LogP contribution in [0.25, 0.3) is 0 Å². The fraction of sp³-hybridized carbons (Fsp3) is 0.400. The molecule has 1 aromatic rings. The molecule has 0 N–H and O–H groups in total. The monoisotopic (exact) mass is 215 g/mol. The van der Waals surface area contributed by atoms with Crippen molar-refractivity contribution in [3.05, 3.63) is 35.4 Å². The Balaban J connectivity index is 2.79. The number of hydrogen-bond donors (Lipinski definition) is 0. The summed E-state index contributed by atoms with van der Waals surface area (Å²) >= 11 is 0. The molecule has 0 aliphatic rings. The number of alkyl halides is 3. The van der Waals surface area contributed by atoms with Crippen LogP contribution in [0.3, 0.4) is 0 Å². The van der Waals surface area contributed by atoms with E-state index in [1.807, 2.05) is 0 Å². The van der Waals surface area contributed by atoms with Crippen molar-refractivity contribution in [1.29, 1.82) is 0 Å². The lowest BCUT2D eigenvalue weighted by Gasteiger charge is -2.08. The lowest BCUT2D eigenvalue weighted by Crippen LogP contribution is -2.05. The van der Waals surface area contributed by atoms with Gasteiger partial charge in [-0.15, -0.1) is 0 Å². The summed E-state index contributed by atoms with van der Waals surface area (Å²) in [6, 6.07) is 6.28. The van der Waals surface area contributed by atoms with E-state index in [1.54, 1.807) is 6.07 Å². The summed E-state index contributed by atoms with van der Waals surface area (Å²) in [5.41, 5.74) is 0.169. The van der Waals surface area contributed by atoms with Gasteiger partial charge in [0.15, 0.2) is 0 Å². The van der Waals surface area contributed by atoms with Gasteiger partial charge in [-0.3, -0.25) is 0 Å². The Bertz CT molecular complexity index is 294. The molecule has 75 valence electrons. The first-order valence-electron chi connectivity index (χ1n) is 4.35. The fourth-order valence-corrected chi connectivity index (χ4v) is 1.37. The Hall–Kier alpha value is -0.773. The van der Waals surface area contributed by atoms with Crippen LogP contribution in [0.1, 0.15) is 17.5 Å². The van der Waals surface area contributed by atoms with Gasteiger partial charge in [0.1, 0.15) is 0 Å². The Morgan fingerprint density at radius 3 is 2.50 bits per heavy atom. The van der Waals surface area contributed by atoms with Crippen molar-refractivity contribution >= 4 is 10.2 Å². The molecule has 0 fully saturated rings. The van der Waals surface area contributed by atoms with Crippen LogP contribution < -0.4 is 0 Å². The summed E-state index contributed by atoms with van der Waals surface area (Å²) in [4.78, 5) is 0. The molecule has 0 saturated heterocycles. The summed E-state index contributed by atoms with van der Waals surface area (Å²) in [6.45, 7) is 0. The summed E-state index contributed by atoms with van der Waals surface area (Å²) in [5.74, 6) is 0. The molecule has 0 saturated carbocycles. The second-order valence-corrected chi connectivity index (χ2v) is 3.55. The third-order valence-corrected chi connectivity index (χ3v) is 2.25. The third-order valence-electron chi connectivity index (χ3n) is 1.90. The largest absolute Gasteiger partial charge is 0.416 e. The van der Waals surface area contributed by atoms with Crippen LogP contribution in [0.4, 0.5) is 13.2 Å². The molecule has 0 aliphatic heterocycles. The van der Waals surface area contributed by atoms with Gasteiger partial charge in [0.2, 0.25) is 0 Å². The lowest BCUT2D eigenvalue weighted by molar-refractivity contribution is -0.137. The van der Waals surface area contributed by atoms with E-state index in [2.05, 4.69) is 10.2 Å².